The van der Waals surface area contributed by atoms with E-state index < -0.39 is 0 Å². The van der Waals surface area contributed by atoms with Crippen LogP contribution in [0.4, 0.5) is 5.69 Å². The van der Waals surface area contributed by atoms with Crippen molar-refractivity contribution in [1.82, 2.24) is 0 Å². The molecule has 2 N–H and O–H groups in total. The van der Waals surface area contributed by atoms with Gasteiger partial charge in [-0.25, -0.2) is 0 Å². The third-order valence-corrected chi connectivity index (χ3v) is 5.56. The average Bonchev–Trinajstić information content (AvgIpc) is 3.03. The van der Waals surface area contributed by atoms with Crippen molar-refractivity contribution in [3.8, 4) is 0 Å². The first-order chi connectivity index (χ1) is 9.72. The molecule has 0 saturated heterocycles. The van der Waals surface area contributed by atoms with Crippen molar-refractivity contribution < 1.29 is 0 Å². The number of rotatable bonds is 4. The second kappa shape index (κ2) is 5.58. The van der Waals surface area contributed by atoms with Crippen LogP contribution in [-0.2, 0) is 0 Å². The van der Waals surface area contributed by atoms with Gasteiger partial charge in [0.1, 0.15) is 0 Å². The Balaban J connectivity index is 1.94. The van der Waals surface area contributed by atoms with Gasteiger partial charge >= 0.3 is 0 Å². The Kier molecular flexibility index (Phi) is 3.81. The van der Waals surface area contributed by atoms with Crippen molar-refractivity contribution in [1.29, 1.82) is 0 Å². The highest BCUT2D eigenvalue weighted by molar-refractivity contribution is 7.10. The summed E-state index contributed by atoms with van der Waals surface area (Å²) in [5.74, 6) is 0.582. The minimum atomic E-state index is 0.443. The van der Waals surface area contributed by atoms with Gasteiger partial charge in [-0.15, -0.1) is 11.3 Å². The fraction of sp³-hybridized carbons (Fsp3) is 0.412. The molecular weight excluding hydrogens is 264 g/mol. The minimum Gasteiger partial charge on any atom is -0.363 e. The topological polar surface area (TPSA) is 29.3 Å². The molecule has 2 heterocycles. The van der Waals surface area contributed by atoms with Crippen molar-refractivity contribution >= 4 is 17.0 Å². The Labute approximate surface area is 125 Å². The van der Waals surface area contributed by atoms with Crippen LogP contribution < -0.4 is 10.6 Å². The van der Waals surface area contributed by atoms with Gasteiger partial charge in [-0.2, -0.15) is 0 Å². The predicted molar refractivity (Wildman–Crippen MR) is 87.7 cm³/mol. The Bertz CT molecular complexity index is 590. The summed E-state index contributed by atoms with van der Waals surface area (Å²) in [5.41, 5.74) is 10.1. The number of hydrogen-bond acceptors (Lipinski definition) is 3. The lowest BCUT2D eigenvalue weighted by Crippen LogP contribution is -2.26. The Hall–Kier alpha value is -1.32. The summed E-state index contributed by atoms with van der Waals surface area (Å²) in [5, 5.41) is 2.19. The molecule has 2 aromatic rings. The van der Waals surface area contributed by atoms with Crippen LogP contribution in [0, 0.1) is 6.92 Å². The summed E-state index contributed by atoms with van der Waals surface area (Å²) >= 11 is 1.87. The molecule has 0 amide bonds. The van der Waals surface area contributed by atoms with Crippen LogP contribution >= 0.6 is 11.3 Å². The third kappa shape index (κ3) is 2.25. The minimum absolute atomic E-state index is 0.443. The summed E-state index contributed by atoms with van der Waals surface area (Å²) in [6, 6.07) is 11.5. The molecule has 1 aromatic heterocycles. The van der Waals surface area contributed by atoms with E-state index in [0.29, 0.717) is 12.0 Å². The van der Waals surface area contributed by atoms with Gasteiger partial charge in [0, 0.05) is 23.0 Å². The van der Waals surface area contributed by atoms with Gasteiger partial charge < -0.3 is 10.6 Å². The molecular formula is C17H22N2S. The predicted octanol–water partition coefficient (Wildman–Crippen LogP) is 4.07. The molecule has 2 nitrogen and oxygen atoms in total. The van der Waals surface area contributed by atoms with Gasteiger partial charge in [-0.1, -0.05) is 18.2 Å². The molecule has 3 rings (SSSR count). The number of nitrogens with zero attached hydrogens (tertiary/aromatic N) is 1. The second-order valence-electron chi connectivity index (χ2n) is 5.63. The maximum Gasteiger partial charge on any atom is 0.0610 e. The quantitative estimate of drug-likeness (QED) is 0.918. The first-order valence-corrected chi connectivity index (χ1v) is 8.20. The summed E-state index contributed by atoms with van der Waals surface area (Å²) in [7, 11) is 0. The molecule has 3 heteroatoms. The lowest BCUT2D eigenvalue weighted by molar-refractivity contribution is 0.609. The van der Waals surface area contributed by atoms with E-state index in [2.05, 4.69) is 54.5 Å². The molecule has 1 aliphatic rings. The van der Waals surface area contributed by atoms with Crippen molar-refractivity contribution in [3.05, 3.63) is 51.7 Å². The van der Waals surface area contributed by atoms with Crippen LogP contribution in [0.25, 0.3) is 0 Å². The first kappa shape index (κ1) is 13.7. The fourth-order valence-corrected chi connectivity index (χ4v) is 4.29. The van der Waals surface area contributed by atoms with Gasteiger partial charge in [-0.05, 0) is 55.5 Å². The number of para-hydroxylation sites is 1. The maximum absolute atomic E-state index is 5.79. The van der Waals surface area contributed by atoms with Crippen LogP contribution in [-0.4, -0.2) is 13.1 Å². The Morgan fingerprint density at radius 2 is 2.15 bits per heavy atom. The zero-order chi connectivity index (χ0) is 14.1. The average molecular weight is 286 g/mol. The van der Waals surface area contributed by atoms with E-state index in [1.54, 1.807) is 0 Å². The maximum atomic E-state index is 5.79. The van der Waals surface area contributed by atoms with E-state index >= 15 is 0 Å². The van der Waals surface area contributed by atoms with Crippen LogP contribution in [0.3, 0.4) is 0 Å². The van der Waals surface area contributed by atoms with Gasteiger partial charge in [0.05, 0.1) is 6.04 Å². The fourth-order valence-electron chi connectivity index (χ4n) is 3.30. The Morgan fingerprint density at radius 3 is 2.85 bits per heavy atom. The molecule has 1 aliphatic heterocycles. The molecule has 1 aromatic carbocycles. The van der Waals surface area contributed by atoms with Crippen LogP contribution in [0.2, 0.25) is 0 Å². The molecule has 0 radical (unpaired) electrons. The largest absolute Gasteiger partial charge is 0.363 e. The van der Waals surface area contributed by atoms with Gasteiger partial charge in [0.15, 0.2) is 0 Å². The van der Waals surface area contributed by atoms with E-state index in [4.69, 9.17) is 5.73 Å². The van der Waals surface area contributed by atoms with Crippen molar-refractivity contribution in [2.24, 2.45) is 5.73 Å². The number of aryl methyl sites for hydroxylation is 1. The molecule has 2 atom stereocenters. The SMILES string of the molecule is Cc1ccsc1C(C)N1CC(CCN)c2ccccc21. The lowest BCUT2D eigenvalue weighted by Gasteiger charge is -2.27. The standard InChI is InChI=1S/C17H22N2S/c1-12-8-10-20-17(12)13(2)19-11-14(7-9-18)15-5-3-4-6-16(15)19/h3-6,8,10,13-14H,7,9,11,18H2,1-2H3. The highest BCUT2D eigenvalue weighted by Crippen LogP contribution is 2.43. The number of thiophene rings is 1. The van der Waals surface area contributed by atoms with Crippen LogP contribution in [0.15, 0.2) is 35.7 Å². The zero-order valence-electron chi connectivity index (χ0n) is 12.2. The van der Waals surface area contributed by atoms with Gasteiger partial charge in [-0.3, -0.25) is 0 Å². The van der Waals surface area contributed by atoms with Gasteiger partial charge in [0.2, 0.25) is 0 Å². The normalized spacial score (nSPS) is 19.1. The van der Waals surface area contributed by atoms with Crippen molar-refractivity contribution in [2.45, 2.75) is 32.2 Å². The van der Waals surface area contributed by atoms with E-state index in [-0.39, 0.29) is 0 Å². The zero-order valence-corrected chi connectivity index (χ0v) is 13.0. The molecule has 20 heavy (non-hydrogen) atoms. The van der Waals surface area contributed by atoms with Crippen molar-refractivity contribution in [2.75, 3.05) is 18.0 Å². The molecule has 2 unspecified atom stereocenters. The lowest BCUT2D eigenvalue weighted by atomic mass is 9.98. The summed E-state index contributed by atoms with van der Waals surface area (Å²) in [4.78, 5) is 4.03. The summed E-state index contributed by atoms with van der Waals surface area (Å²) < 4.78 is 0. The van der Waals surface area contributed by atoms with Gasteiger partial charge in [0.25, 0.3) is 0 Å². The number of benzene rings is 1. The Morgan fingerprint density at radius 1 is 1.35 bits per heavy atom. The molecule has 0 aliphatic carbocycles. The smallest absolute Gasteiger partial charge is 0.0610 e. The van der Waals surface area contributed by atoms with E-state index in [1.165, 1.54) is 21.7 Å². The molecule has 0 saturated carbocycles. The monoisotopic (exact) mass is 286 g/mol. The molecule has 106 valence electrons. The van der Waals surface area contributed by atoms with E-state index in [9.17, 15) is 0 Å². The summed E-state index contributed by atoms with van der Waals surface area (Å²) in [6.45, 7) is 6.39. The highest BCUT2D eigenvalue weighted by atomic mass is 32.1. The second-order valence-corrected chi connectivity index (χ2v) is 6.58. The number of nitrogens with two attached hydrogens (primary N) is 1. The summed E-state index contributed by atoms with van der Waals surface area (Å²) in [6.07, 6.45) is 1.07. The molecule has 0 bridgehead atoms. The third-order valence-electron chi connectivity index (χ3n) is 4.37. The number of hydrogen-bond donors (Lipinski definition) is 1. The number of fused-ring (bicyclic) bond motifs is 1. The molecule has 0 spiro atoms. The van der Waals surface area contributed by atoms with Crippen molar-refractivity contribution in [3.63, 3.8) is 0 Å². The highest BCUT2D eigenvalue weighted by Gasteiger charge is 2.31. The van der Waals surface area contributed by atoms with Crippen LogP contribution in [0.1, 0.15) is 41.3 Å². The van der Waals surface area contributed by atoms with Crippen LogP contribution in [0.5, 0.6) is 0 Å². The van der Waals surface area contributed by atoms with E-state index in [0.717, 1.165) is 19.5 Å². The number of anilines is 1. The van der Waals surface area contributed by atoms with E-state index in [1.807, 2.05) is 11.3 Å². The first-order valence-electron chi connectivity index (χ1n) is 7.32. The molecule has 0 fully saturated rings.